The molecule has 1 aromatic rings. The maximum atomic E-state index is 12.5. The zero-order valence-electron chi connectivity index (χ0n) is 14.2. The van der Waals surface area contributed by atoms with E-state index in [4.69, 9.17) is 4.74 Å². The van der Waals surface area contributed by atoms with E-state index in [1.54, 1.807) is 0 Å². The van der Waals surface area contributed by atoms with Gasteiger partial charge in [-0.2, -0.15) is 0 Å². The highest BCUT2D eigenvalue weighted by atomic mass is 16.6. The van der Waals surface area contributed by atoms with Gasteiger partial charge in [-0.3, -0.25) is 4.79 Å². The Bertz CT molecular complexity index is 628. The van der Waals surface area contributed by atoms with Gasteiger partial charge in [-0.05, 0) is 23.1 Å². The Morgan fingerprint density at radius 1 is 1.30 bits per heavy atom. The molecule has 0 aromatic heterocycles. The number of benzene rings is 1. The first kappa shape index (κ1) is 16.0. The summed E-state index contributed by atoms with van der Waals surface area (Å²) in [7, 11) is 0. The number of carbonyl (C=O) groups is 2. The van der Waals surface area contributed by atoms with Crippen LogP contribution in [0, 0.1) is 0 Å². The second kappa shape index (κ2) is 5.99. The lowest BCUT2D eigenvalue weighted by Gasteiger charge is -2.43. The molecule has 0 saturated carbocycles. The van der Waals surface area contributed by atoms with Gasteiger partial charge >= 0.3 is 5.97 Å². The summed E-state index contributed by atoms with van der Waals surface area (Å²) in [5.41, 5.74) is 2.54. The molecule has 0 N–H and O–H groups in total. The number of esters is 1. The predicted octanol–water partition coefficient (Wildman–Crippen LogP) is 3.29. The molecule has 1 amide bonds. The smallest absolute Gasteiger partial charge is 0.338 e. The van der Waals surface area contributed by atoms with Crippen LogP contribution in [0.1, 0.15) is 67.4 Å². The quantitative estimate of drug-likeness (QED) is 0.787. The Kier molecular flexibility index (Phi) is 4.17. The van der Waals surface area contributed by atoms with E-state index in [-0.39, 0.29) is 11.9 Å². The molecule has 4 heteroatoms. The third-order valence-electron chi connectivity index (χ3n) is 5.17. The maximum absolute atomic E-state index is 12.5. The molecule has 0 unspecified atom stereocenters. The van der Waals surface area contributed by atoms with Crippen molar-refractivity contribution in [1.82, 2.24) is 4.90 Å². The van der Waals surface area contributed by atoms with Gasteiger partial charge in [-0.25, -0.2) is 4.79 Å². The molecule has 1 fully saturated rings. The second-order valence-corrected chi connectivity index (χ2v) is 7.05. The average Bonchev–Trinajstić information content (AvgIpc) is 2.54. The zero-order valence-corrected chi connectivity index (χ0v) is 14.2. The normalized spacial score (nSPS) is 19.7. The molecular weight excluding hydrogens is 290 g/mol. The lowest BCUT2D eigenvalue weighted by atomic mass is 9.80. The summed E-state index contributed by atoms with van der Waals surface area (Å²) in [5.74, 6) is 0.375. The van der Waals surface area contributed by atoms with Crippen molar-refractivity contribution in [2.75, 3.05) is 13.1 Å². The number of nitrogens with zero attached hydrogens (tertiary/aromatic N) is 1. The minimum Gasteiger partial charge on any atom is -0.455 e. The Morgan fingerprint density at radius 2 is 2.00 bits per heavy atom. The number of ether oxygens (including phenoxy) is 1. The highest BCUT2D eigenvalue weighted by molar-refractivity contribution is 5.93. The van der Waals surface area contributed by atoms with E-state index in [1.165, 1.54) is 5.56 Å². The molecule has 2 aliphatic rings. The molecule has 2 aliphatic heterocycles. The Hall–Kier alpha value is -1.84. The molecule has 1 spiro atoms. The second-order valence-electron chi connectivity index (χ2n) is 7.05. The molecule has 0 aliphatic carbocycles. The van der Waals surface area contributed by atoms with E-state index in [0.29, 0.717) is 31.0 Å². The van der Waals surface area contributed by atoms with Crippen molar-refractivity contribution in [3.63, 3.8) is 0 Å². The van der Waals surface area contributed by atoms with E-state index < -0.39 is 5.60 Å². The lowest BCUT2D eigenvalue weighted by molar-refractivity contribution is -0.135. The van der Waals surface area contributed by atoms with Crippen molar-refractivity contribution < 1.29 is 14.3 Å². The zero-order chi connectivity index (χ0) is 16.6. The van der Waals surface area contributed by atoms with Crippen molar-refractivity contribution in [3.05, 3.63) is 34.9 Å². The van der Waals surface area contributed by atoms with E-state index in [2.05, 4.69) is 26.0 Å². The van der Waals surface area contributed by atoms with Crippen LogP contribution in [0.3, 0.4) is 0 Å². The van der Waals surface area contributed by atoms with Crippen molar-refractivity contribution >= 4 is 11.9 Å². The van der Waals surface area contributed by atoms with Gasteiger partial charge in [0.15, 0.2) is 0 Å². The van der Waals surface area contributed by atoms with Crippen LogP contribution in [0.5, 0.6) is 0 Å². The number of fused-ring (bicyclic) bond motifs is 1. The average molecular weight is 315 g/mol. The Balaban J connectivity index is 1.79. The predicted molar refractivity (Wildman–Crippen MR) is 88.5 cm³/mol. The molecule has 2 heterocycles. The van der Waals surface area contributed by atoms with Crippen LogP contribution in [0.4, 0.5) is 0 Å². The number of hydrogen-bond acceptors (Lipinski definition) is 3. The number of rotatable bonds is 2. The number of carbonyl (C=O) groups excluding carboxylic acids is 2. The molecule has 23 heavy (non-hydrogen) atoms. The minimum absolute atomic E-state index is 0.184. The molecule has 0 radical (unpaired) electrons. The Morgan fingerprint density at radius 3 is 2.61 bits per heavy atom. The lowest BCUT2D eigenvalue weighted by Crippen LogP contribution is -2.51. The van der Waals surface area contributed by atoms with Crippen LogP contribution in [0.2, 0.25) is 0 Å². The van der Waals surface area contributed by atoms with E-state index in [1.807, 2.05) is 17.9 Å². The molecule has 1 aromatic carbocycles. The number of amides is 1. The first-order chi connectivity index (χ1) is 10.9. The fraction of sp³-hybridized carbons (Fsp3) is 0.579. The molecule has 0 bridgehead atoms. The summed E-state index contributed by atoms with van der Waals surface area (Å²) in [5, 5.41) is 0. The summed E-state index contributed by atoms with van der Waals surface area (Å²) in [6, 6.07) is 6.17. The minimum atomic E-state index is -0.423. The van der Waals surface area contributed by atoms with Crippen molar-refractivity contribution in [2.24, 2.45) is 0 Å². The number of likely N-dealkylation sites (tertiary alicyclic amines) is 1. The van der Waals surface area contributed by atoms with E-state index in [0.717, 1.165) is 24.8 Å². The topological polar surface area (TPSA) is 46.6 Å². The highest BCUT2D eigenvalue weighted by Crippen LogP contribution is 2.37. The third kappa shape index (κ3) is 2.99. The molecular formula is C19H25NO3. The summed E-state index contributed by atoms with van der Waals surface area (Å²) in [6.45, 7) is 7.49. The Labute approximate surface area is 137 Å². The maximum Gasteiger partial charge on any atom is 0.338 e. The van der Waals surface area contributed by atoms with Gasteiger partial charge in [-0.15, -0.1) is 0 Å². The van der Waals surface area contributed by atoms with Gasteiger partial charge in [0.05, 0.1) is 5.56 Å². The first-order valence-corrected chi connectivity index (χ1v) is 8.58. The first-order valence-electron chi connectivity index (χ1n) is 8.58. The molecule has 0 atom stereocenters. The SMILES string of the molecule is CCC(=O)N1CCC2(CC1)Cc1ccc(C(C)C)cc1C(=O)O2. The van der Waals surface area contributed by atoms with Gasteiger partial charge in [0, 0.05) is 38.8 Å². The summed E-state index contributed by atoms with van der Waals surface area (Å²) in [6.07, 6.45) is 2.76. The van der Waals surface area contributed by atoms with Crippen LogP contribution >= 0.6 is 0 Å². The molecule has 3 rings (SSSR count). The van der Waals surface area contributed by atoms with Gasteiger partial charge in [0.1, 0.15) is 5.60 Å². The third-order valence-corrected chi connectivity index (χ3v) is 5.17. The van der Waals surface area contributed by atoms with E-state index >= 15 is 0 Å². The summed E-state index contributed by atoms with van der Waals surface area (Å²) in [4.78, 5) is 26.2. The number of piperidine rings is 1. The molecule has 4 nitrogen and oxygen atoms in total. The van der Waals surface area contributed by atoms with Crippen molar-refractivity contribution in [3.8, 4) is 0 Å². The van der Waals surface area contributed by atoms with Gasteiger partial charge in [0.2, 0.25) is 5.91 Å². The van der Waals surface area contributed by atoms with E-state index in [9.17, 15) is 9.59 Å². The largest absolute Gasteiger partial charge is 0.455 e. The van der Waals surface area contributed by atoms with Crippen molar-refractivity contribution in [1.29, 1.82) is 0 Å². The van der Waals surface area contributed by atoms with Gasteiger partial charge in [0.25, 0.3) is 0 Å². The number of hydrogen-bond donors (Lipinski definition) is 0. The van der Waals surface area contributed by atoms with Gasteiger partial charge < -0.3 is 9.64 Å². The highest BCUT2D eigenvalue weighted by Gasteiger charge is 2.43. The summed E-state index contributed by atoms with van der Waals surface area (Å²) < 4.78 is 5.86. The standard InChI is InChI=1S/C19H25NO3/c1-4-17(21)20-9-7-19(8-10-20)12-15-6-5-14(13(2)3)11-16(15)18(22)23-19/h5-6,11,13H,4,7-10,12H2,1-3H3. The fourth-order valence-corrected chi connectivity index (χ4v) is 3.60. The van der Waals surface area contributed by atoms with Crippen LogP contribution in [-0.4, -0.2) is 35.5 Å². The van der Waals surface area contributed by atoms with Crippen LogP contribution in [0.25, 0.3) is 0 Å². The van der Waals surface area contributed by atoms with Gasteiger partial charge in [-0.1, -0.05) is 32.9 Å². The van der Waals surface area contributed by atoms with Crippen LogP contribution in [0.15, 0.2) is 18.2 Å². The summed E-state index contributed by atoms with van der Waals surface area (Å²) >= 11 is 0. The van der Waals surface area contributed by atoms with Crippen molar-refractivity contribution in [2.45, 2.75) is 58.0 Å². The van der Waals surface area contributed by atoms with Crippen LogP contribution in [-0.2, 0) is 16.0 Å². The fourth-order valence-electron chi connectivity index (χ4n) is 3.60. The molecule has 1 saturated heterocycles. The van der Waals surface area contributed by atoms with Crippen LogP contribution < -0.4 is 0 Å². The molecule has 124 valence electrons. The monoisotopic (exact) mass is 315 g/mol.